The van der Waals surface area contributed by atoms with E-state index >= 15 is 0 Å². The highest BCUT2D eigenvalue weighted by atomic mass is 32.2. The normalized spacial score (nSPS) is 13.5. The first kappa shape index (κ1) is 21.0. The molecule has 0 aliphatic rings. The predicted molar refractivity (Wildman–Crippen MR) is 88.7 cm³/mol. The maximum absolute atomic E-state index is 12.1. The lowest BCUT2D eigenvalue weighted by Gasteiger charge is -2.37. The summed E-state index contributed by atoms with van der Waals surface area (Å²) in [7, 11) is -9.18. The van der Waals surface area contributed by atoms with Crippen LogP contribution in [-0.4, -0.2) is 36.1 Å². The van der Waals surface area contributed by atoms with Gasteiger partial charge in [0.15, 0.2) is 0 Å². The van der Waals surface area contributed by atoms with E-state index in [-0.39, 0.29) is 10.6 Å². The van der Waals surface area contributed by atoms with Crippen LogP contribution in [0.2, 0.25) is 0 Å². The van der Waals surface area contributed by atoms with Gasteiger partial charge in [-0.15, -0.1) is 0 Å². The Morgan fingerprint density at radius 3 is 1.96 bits per heavy atom. The molecule has 0 aromatic heterocycles. The fourth-order valence-corrected chi connectivity index (χ4v) is 3.58. The lowest BCUT2D eigenvalue weighted by molar-refractivity contribution is -0.207. The first-order chi connectivity index (χ1) is 10.8. The standard InChI is InChI=1S/C13H23N2O7PS/c1-9(2)21-13(22-10(3)4,23(16,17)18)15-11-7-5-6-8-12(11)24(14,19)20/h5-10,15H,1-4H3,(H2,14,19,20)(H2,16,17,18). The van der Waals surface area contributed by atoms with Crippen molar-refractivity contribution in [3.63, 3.8) is 0 Å². The van der Waals surface area contributed by atoms with Crippen molar-refractivity contribution in [3.05, 3.63) is 24.3 Å². The highest BCUT2D eigenvalue weighted by Crippen LogP contribution is 2.53. The Hall–Kier alpha value is -1.00. The molecule has 138 valence electrons. The van der Waals surface area contributed by atoms with E-state index in [9.17, 15) is 22.8 Å². The summed E-state index contributed by atoms with van der Waals surface area (Å²) in [5.41, 5.74) is -2.71. The van der Waals surface area contributed by atoms with E-state index in [0.717, 1.165) is 0 Å². The summed E-state index contributed by atoms with van der Waals surface area (Å²) < 4.78 is 46.2. The molecule has 0 heterocycles. The van der Waals surface area contributed by atoms with Crippen LogP contribution in [0.1, 0.15) is 27.7 Å². The van der Waals surface area contributed by atoms with Gasteiger partial charge in [-0.25, -0.2) is 13.6 Å². The van der Waals surface area contributed by atoms with Crippen LogP contribution in [0.15, 0.2) is 29.2 Å². The predicted octanol–water partition coefficient (Wildman–Crippen LogP) is 1.38. The first-order valence-corrected chi connectivity index (χ1v) is 10.3. The number of hydrogen-bond acceptors (Lipinski definition) is 6. The Kier molecular flexibility index (Phi) is 6.56. The zero-order chi connectivity index (χ0) is 18.8. The molecule has 0 aliphatic heterocycles. The fourth-order valence-electron chi connectivity index (χ4n) is 1.92. The van der Waals surface area contributed by atoms with Gasteiger partial charge < -0.3 is 24.6 Å². The van der Waals surface area contributed by atoms with Crippen LogP contribution in [0.3, 0.4) is 0 Å². The highest BCUT2D eigenvalue weighted by Gasteiger charge is 2.52. The van der Waals surface area contributed by atoms with Gasteiger partial charge in [-0.05, 0) is 39.8 Å². The Balaban J connectivity index is 3.50. The third kappa shape index (κ3) is 5.25. The molecule has 0 atom stereocenters. The summed E-state index contributed by atoms with van der Waals surface area (Å²) >= 11 is 0. The van der Waals surface area contributed by atoms with Crippen molar-refractivity contribution in [2.45, 2.75) is 50.5 Å². The molecule has 24 heavy (non-hydrogen) atoms. The van der Waals surface area contributed by atoms with Crippen LogP contribution >= 0.6 is 7.60 Å². The SMILES string of the molecule is CC(C)OC(Nc1ccccc1S(N)(=O)=O)(OC(C)C)P(=O)(O)O. The summed E-state index contributed by atoms with van der Waals surface area (Å²) in [4.78, 5) is 19.3. The second kappa shape index (κ2) is 7.49. The largest absolute Gasteiger partial charge is 0.407 e. The van der Waals surface area contributed by atoms with Crippen LogP contribution in [0.5, 0.6) is 0 Å². The molecule has 5 N–H and O–H groups in total. The van der Waals surface area contributed by atoms with E-state index in [1.165, 1.54) is 24.3 Å². The van der Waals surface area contributed by atoms with Gasteiger partial charge in [0, 0.05) is 0 Å². The summed E-state index contributed by atoms with van der Waals surface area (Å²) in [6, 6.07) is 5.41. The van der Waals surface area contributed by atoms with Gasteiger partial charge in [-0.1, -0.05) is 12.1 Å². The van der Waals surface area contributed by atoms with Crippen molar-refractivity contribution in [1.82, 2.24) is 0 Å². The minimum absolute atomic E-state index is 0.148. The third-order valence-corrected chi connectivity index (χ3v) is 4.72. The Morgan fingerprint density at radius 1 is 1.12 bits per heavy atom. The van der Waals surface area contributed by atoms with Gasteiger partial charge in [0.2, 0.25) is 10.0 Å². The molecular weight excluding hydrogens is 359 g/mol. The lowest BCUT2D eigenvalue weighted by Crippen LogP contribution is -2.47. The molecule has 0 radical (unpaired) electrons. The molecule has 1 rings (SSSR count). The number of benzene rings is 1. The molecule has 0 bridgehead atoms. The smallest absolute Gasteiger partial charge is 0.323 e. The van der Waals surface area contributed by atoms with Crippen molar-refractivity contribution in [2.24, 2.45) is 5.14 Å². The van der Waals surface area contributed by atoms with Crippen LogP contribution in [-0.2, 0) is 24.1 Å². The van der Waals surface area contributed by atoms with Crippen molar-refractivity contribution < 1.29 is 32.2 Å². The number of nitrogens with one attached hydrogen (secondary N) is 1. The van der Waals surface area contributed by atoms with Gasteiger partial charge in [-0.3, -0.25) is 4.57 Å². The van der Waals surface area contributed by atoms with Gasteiger partial charge >= 0.3 is 13.2 Å². The maximum Gasteiger partial charge on any atom is 0.407 e. The minimum Gasteiger partial charge on any atom is -0.323 e. The van der Waals surface area contributed by atoms with Crippen LogP contribution in [0.25, 0.3) is 0 Å². The molecule has 11 heteroatoms. The van der Waals surface area contributed by atoms with Gasteiger partial charge in [0.1, 0.15) is 4.90 Å². The second-order valence-corrected chi connectivity index (χ2v) is 8.83. The minimum atomic E-state index is -5.04. The van der Waals surface area contributed by atoms with Crippen molar-refractivity contribution in [3.8, 4) is 0 Å². The van der Waals surface area contributed by atoms with Crippen molar-refractivity contribution in [2.75, 3.05) is 5.32 Å². The number of nitrogens with two attached hydrogens (primary N) is 1. The highest BCUT2D eigenvalue weighted by molar-refractivity contribution is 7.89. The van der Waals surface area contributed by atoms with E-state index in [4.69, 9.17) is 14.6 Å². The third-order valence-electron chi connectivity index (χ3n) is 2.66. The Bertz CT molecular complexity index is 705. The summed E-state index contributed by atoms with van der Waals surface area (Å²) in [6.07, 6.45) is -1.27. The average Bonchev–Trinajstić information content (AvgIpc) is 2.34. The van der Waals surface area contributed by atoms with E-state index in [1.54, 1.807) is 27.7 Å². The second-order valence-electron chi connectivity index (χ2n) is 5.63. The van der Waals surface area contributed by atoms with Crippen LogP contribution < -0.4 is 10.5 Å². The number of anilines is 1. The molecule has 0 unspecified atom stereocenters. The number of rotatable bonds is 8. The number of hydrogen-bond donors (Lipinski definition) is 4. The quantitative estimate of drug-likeness (QED) is 0.389. The lowest BCUT2D eigenvalue weighted by atomic mass is 10.3. The van der Waals surface area contributed by atoms with E-state index in [0.29, 0.717) is 0 Å². The first-order valence-electron chi connectivity index (χ1n) is 7.10. The van der Waals surface area contributed by atoms with E-state index in [2.05, 4.69) is 5.32 Å². The van der Waals surface area contributed by atoms with Crippen molar-refractivity contribution in [1.29, 1.82) is 0 Å². The van der Waals surface area contributed by atoms with Crippen molar-refractivity contribution >= 4 is 23.3 Å². The molecule has 1 aromatic carbocycles. The maximum atomic E-state index is 12.1. The molecule has 0 spiro atoms. The van der Waals surface area contributed by atoms with Crippen LogP contribution in [0, 0.1) is 0 Å². The Labute approximate surface area is 141 Å². The zero-order valence-corrected chi connectivity index (χ0v) is 15.5. The average molecular weight is 382 g/mol. The monoisotopic (exact) mass is 382 g/mol. The van der Waals surface area contributed by atoms with E-state index in [1.807, 2.05) is 0 Å². The summed E-state index contributed by atoms with van der Waals surface area (Å²) in [5.74, 6) is 0. The van der Waals surface area contributed by atoms with Crippen LogP contribution in [0.4, 0.5) is 5.69 Å². The Morgan fingerprint density at radius 2 is 1.58 bits per heavy atom. The van der Waals surface area contributed by atoms with Gasteiger partial charge in [0.25, 0.3) is 0 Å². The molecule has 0 saturated carbocycles. The van der Waals surface area contributed by atoms with Gasteiger partial charge in [-0.2, -0.15) is 0 Å². The molecule has 0 fully saturated rings. The zero-order valence-electron chi connectivity index (χ0n) is 13.8. The molecule has 0 saturated heterocycles. The molecule has 9 nitrogen and oxygen atoms in total. The topological polar surface area (TPSA) is 148 Å². The van der Waals surface area contributed by atoms with Gasteiger partial charge in [0.05, 0.1) is 17.9 Å². The molecule has 0 amide bonds. The summed E-state index contributed by atoms with van der Waals surface area (Å²) in [5, 5.41) is 7.55. The number of sulfonamides is 1. The number of ether oxygens (including phenoxy) is 2. The fraction of sp³-hybridized carbons (Fsp3) is 0.538. The number of para-hydroxylation sites is 1. The summed E-state index contributed by atoms with van der Waals surface area (Å²) in [6.45, 7) is 6.23. The molecule has 0 aliphatic carbocycles. The molecular formula is C13H23N2O7PS. The molecule has 1 aromatic rings. The van der Waals surface area contributed by atoms with E-state index < -0.39 is 35.5 Å². The number of primary sulfonamides is 1.